The van der Waals surface area contributed by atoms with Gasteiger partial charge in [0.05, 0.1) is 24.8 Å². The number of carbonyl (C=O) groups is 1. The highest BCUT2D eigenvalue weighted by Crippen LogP contribution is 2.32. The van der Waals surface area contributed by atoms with Crippen molar-refractivity contribution in [3.05, 3.63) is 48.3 Å². The topological polar surface area (TPSA) is 84.9 Å². The number of carbonyl (C=O) groups excluding carboxylic acids is 1. The molecule has 1 aliphatic carbocycles. The van der Waals surface area contributed by atoms with Crippen molar-refractivity contribution in [1.82, 2.24) is 5.32 Å². The monoisotopic (exact) mass is 478 g/mol. The lowest BCUT2D eigenvalue weighted by molar-refractivity contribution is -0.120. The summed E-state index contributed by atoms with van der Waals surface area (Å²) in [5, 5.41) is 3.00. The van der Waals surface area contributed by atoms with Crippen LogP contribution in [0.5, 0.6) is 11.5 Å². The minimum absolute atomic E-state index is 0.0247. The van der Waals surface area contributed by atoms with E-state index in [1.165, 1.54) is 63.1 Å². The van der Waals surface area contributed by atoms with Gasteiger partial charge in [0.2, 0.25) is 5.91 Å². The molecule has 2 aromatic rings. The molecule has 7 nitrogen and oxygen atoms in total. The third-order valence-electron chi connectivity index (χ3n) is 5.82. The van der Waals surface area contributed by atoms with E-state index in [1.807, 2.05) is 0 Å². The molecule has 180 valence electrons. The Morgan fingerprint density at radius 3 is 2.18 bits per heavy atom. The van der Waals surface area contributed by atoms with Crippen LogP contribution in [0.4, 0.5) is 10.1 Å². The fourth-order valence-corrected chi connectivity index (χ4v) is 5.47. The molecular formula is C24H31FN2O5S. The van der Waals surface area contributed by atoms with E-state index in [1.54, 1.807) is 0 Å². The van der Waals surface area contributed by atoms with Crippen LogP contribution < -0.4 is 19.1 Å². The van der Waals surface area contributed by atoms with E-state index in [9.17, 15) is 17.6 Å². The van der Waals surface area contributed by atoms with Crippen molar-refractivity contribution in [3.63, 3.8) is 0 Å². The van der Waals surface area contributed by atoms with E-state index in [4.69, 9.17) is 9.47 Å². The van der Waals surface area contributed by atoms with Gasteiger partial charge in [-0.05, 0) is 49.2 Å². The van der Waals surface area contributed by atoms with Crippen LogP contribution in [0.1, 0.15) is 44.9 Å². The number of hydrogen-bond acceptors (Lipinski definition) is 5. The molecule has 0 atom stereocenters. The summed E-state index contributed by atoms with van der Waals surface area (Å²) in [6.07, 6.45) is 7.33. The number of nitrogens with one attached hydrogen (secondary N) is 1. The number of hydrogen-bond donors (Lipinski definition) is 1. The van der Waals surface area contributed by atoms with Gasteiger partial charge in [-0.1, -0.05) is 32.1 Å². The van der Waals surface area contributed by atoms with Crippen molar-refractivity contribution < 1.29 is 27.1 Å². The minimum atomic E-state index is -4.16. The molecule has 33 heavy (non-hydrogen) atoms. The summed E-state index contributed by atoms with van der Waals surface area (Å²) in [5.41, 5.74) is 0.194. The Hall–Kier alpha value is -2.81. The number of nitrogens with zero attached hydrogens (tertiary/aromatic N) is 1. The minimum Gasteiger partial charge on any atom is -0.493 e. The summed E-state index contributed by atoms with van der Waals surface area (Å²) in [6, 6.07) is 9.27. The predicted molar refractivity (Wildman–Crippen MR) is 125 cm³/mol. The average Bonchev–Trinajstić information content (AvgIpc) is 2.79. The maximum absolute atomic E-state index is 13.6. The third kappa shape index (κ3) is 6.37. The normalized spacial score (nSPS) is 15.2. The molecule has 0 aromatic heterocycles. The summed E-state index contributed by atoms with van der Waals surface area (Å²) in [4.78, 5) is 12.9. The van der Waals surface area contributed by atoms with E-state index in [0.717, 1.165) is 42.8 Å². The van der Waals surface area contributed by atoms with Crippen molar-refractivity contribution >= 4 is 21.6 Å². The number of halogens is 1. The van der Waals surface area contributed by atoms with Crippen LogP contribution in [0.3, 0.4) is 0 Å². The fourth-order valence-electron chi connectivity index (χ4n) is 4.03. The van der Waals surface area contributed by atoms with E-state index < -0.39 is 28.3 Å². The maximum Gasteiger partial charge on any atom is 0.264 e. The van der Waals surface area contributed by atoms with E-state index in [0.29, 0.717) is 5.75 Å². The van der Waals surface area contributed by atoms with E-state index in [2.05, 4.69) is 5.32 Å². The molecular weight excluding hydrogens is 447 g/mol. The quantitative estimate of drug-likeness (QED) is 0.613. The van der Waals surface area contributed by atoms with Crippen molar-refractivity contribution in [3.8, 4) is 11.5 Å². The number of anilines is 1. The molecule has 0 bridgehead atoms. The van der Waals surface area contributed by atoms with Gasteiger partial charge in [0.25, 0.3) is 10.0 Å². The van der Waals surface area contributed by atoms with E-state index in [-0.39, 0.29) is 22.4 Å². The zero-order valence-electron chi connectivity index (χ0n) is 19.1. The number of benzene rings is 2. The van der Waals surface area contributed by atoms with Gasteiger partial charge in [0, 0.05) is 12.1 Å². The van der Waals surface area contributed by atoms with Crippen LogP contribution in [-0.4, -0.2) is 41.1 Å². The molecule has 0 saturated heterocycles. The Kier molecular flexibility index (Phi) is 8.55. The SMILES string of the molecule is COc1ccc(S(=O)(=O)N(CC(=O)NC2CCCCCCC2)c2ccc(F)cc2)cc1OC. The van der Waals surface area contributed by atoms with Gasteiger partial charge in [0.15, 0.2) is 11.5 Å². The standard InChI is InChI=1S/C24H31FN2O5S/c1-31-22-15-14-21(16-23(22)32-2)33(29,30)27(20-12-10-18(25)11-13-20)17-24(28)26-19-8-6-4-3-5-7-9-19/h10-16,19H,3-9,17H2,1-2H3,(H,26,28). The Bertz CT molecular complexity index is 1040. The van der Waals surface area contributed by atoms with Gasteiger partial charge in [-0.3, -0.25) is 9.10 Å². The molecule has 1 saturated carbocycles. The Morgan fingerprint density at radius 2 is 1.58 bits per heavy atom. The second kappa shape index (κ2) is 11.4. The first-order valence-electron chi connectivity index (χ1n) is 11.1. The Balaban J connectivity index is 1.89. The molecule has 1 N–H and O–H groups in total. The average molecular weight is 479 g/mol. The lowest BCUT2D eigenvalue weighted by atomic mass is 9.97. The Labute approximate surface area is 194 Å². The molecule has 3 rings (SSSR count). The molecule has 0 unspecified atom stereocenters. The highest BCUT2D eigenvalue weighted by Gasteiger charge is 2.29. The van der Waals surface area contributed by atoms with Crippen LogP contribution in [0, 0.1) is 5.82 Å². The largest absolute Gasteiger partial charge is 0.493 e. The van der Waals surface area contributed by atoms with Gasteiger partial charge in [-0.25, -0.2) is 12.8 Å². The zero-order chi connectivity index (χ0) is 23.8. The zero-order valence-corrected chi connectivity index (χ0v) is 19.9. The molecule has 1 fully saturated rings. The first kappa shape index (κ1) is 24.8. The number of amides is 1. The van der Waals surface area contributed by atoms with Crippen LogP contribution in [0.25, 0.3) is 0 Å². The fraction of sp³-hybridized carbons (Fsp3) is 0.458. The van der Waals surface area contributed by atoms with E-state index >= 15 is 0 Å². The number of methoxy groups -OCH3 is 2. The third-order valence-corrected chi connectivity index (χ3v) is 7.58. The number of rotatable bonds is 8. The highest BCUT2D eigenvalue weighted by atomic mass is 32.2. The lowest BCUT2D eigenvalue weighted by Crippen LogP contribution is -2.44. The van der Waals surface area contributed by atoms with Gasteiger partial charge in [0.1, 0.15) is 12.4 Å². The molecule has 9 heteroatoms. The summed E-state index contributed by atoms with van der Waals surface area (Å²) in [5.74, 6) is -0.265. The maximum atomic E-state index is 13.6. The van der Waals surface area contributed by atoms with Crippen molar-refractivity contribution in [2.75, 3.05) is 25.1 Å². The number of sulfonamides is 1. The summed E-state index contributed by atoms with van der Waals surface area (Å²) < 4.78 is 52.1. The highest BCUT2D eigenvalue weighted by molar-refractivity contribution is 7.92. The van der Waals surface area contributed by atoms with Crippen LogP contribution in [0.2, 0.25) is 0 Å². The molecule has 0 spiro atoms. The summed E-state index contributed by atoms with van der Waals surface area (Å²) >= 11 is 0. The van der Waals surface area contributed by atoms with Crippen molar-refractivity contribution in [2.45, 2.75) is 55.9 Å². The van der Waals surface area contributed by atoms with Gasteiger partial charge in [-0.2, -0.15) is 0 Å². The molecule has 2 aromatic carbocycles. The Morgan fingerprint density at radius 1 is 0.970 bits per heavy atom. The van der Waals surface area contributed by atoms with Gasteiger partial charge >= 0.3 is 0 Å². The van der Waals surface area contributed by atoms with Crippen LogP contribution >= 0.6 is 0 Å². The number of ether oxygens (including phenoxy) is 2. The van der Waals surface area contributed by atoms with Gasteiger partial charge in [-0.15, -0.1) is 0 Å². The molecule has 0 heterocycles. The molecule has 1 aliphatic rings. The smallest absolute Gasteiger partial charge is 0.264 e. The van der Waals surface area contributed by atoms with Crippen LogP contribution in [-0.2, 0) is 14.8 Å². The summed E-state index contributed by atoms with van der Waals surface area (Å²) in [7, 11) is -1.29. The van der Waals surface area contributed by atoms with Crippen molar-refractivity contribution in [1.29, 1.82) is 0 Å². The molecule has 0 radical (unpaired) electrons. The summed E-state index contributed by atoms with van der Waals surface area (Å²) in [6.45, 7) is -0.418. The molecule has 1 amide bonds. The predicted octanol–water partition coefficient (Wildman–Crippen LogP) is 4.27. The second-order valence-corrected chi connectivity index (χ2v) is 9.98. The molecule has 0 aliphatic heterocycles. The first-order valence-corrected chi connectivity index (χ1v) is 12.6. The lowest BCUT2D eigenvalue weighted by Gasteiger charge is -2.26. The van der Waals surface area contributed by atoms with Crippen LogP contribution in [0.15, 0.2) is 47.4 Å². The first-order chi connectivity index (χ1) is 15.8. The second-order valence-electron chi connectivity index (χ2n) is 8.11. The van der Waals surface area contributed by atoms with Crippen molar-refractivity contribution in [2.24, 2.45) is 0 Å². The van der Waals surface area contributed by atoms with Gasteiger partial charge < -0.3 is 14.8 Å².